The Bertz CT molecular complexity index is 4780. The van der Waals surface area contributed by atoms with Crippen LogP contribution in [0.1, 0.15) is 122 Å². The van der Waals surface area contributed by atoms with E-state index in [1.807, 2.05) is 78.9 Å². The average molecular weight is 1170 g/mol. The summed E-state index contributed by atoms with van der Waals surface area (Å²) < 4.78 is 4.74. The van der Waals surface area contributed by atoms with Crippen LogP contribution in [0.3, 0.4) is 0 Å². The van der Waals surface area contributed by atoms with Gasteiger partial charge < -0.3 is 9.13 Å². The predicted molar refractivity (Wildman–Crippen MR) is 370 cm³/mol. The van der Waals surface area contributed by atoms with Crippen molar-refractivity contribution >= 4 is 43.6 Å². The Labute approximate surface area is 527 Å². The van der Waals surface area contributed by atoms with Crippen LogP contribution in [0.4, 0.5) is 0 Å². The quantitative estimate of drug-likeness (QED) is 0.149. The van der Waals surface area contributed by atoms with Gasteiger partial charge >= 0.3 is 0 Å². The molecule has 0 saturated heterocycles. The van der Waals surface area contributed by atoms with Crippen LogP contribution in [0.2, 0.25) is 0 Å². The fourth-order valence-electron chi connectivity index (χ4n) is 12.6. The molecule has 0 bridgehead atoms. The van der Waals surface area contributed by atoms with E-state index in [2.05, 4.69) is 238 Å². The molecule has 0 atom stereocenters. The SMILES string of the molecule is CC(C)(C)c1ccc2c(c1)c1cc(C(C)(C)C)ccc1n2-c1ccc(-c2nc(-c3ccc(-n4c5ccc(C(C)(C)C)cc5c5cc(C(C)(C)C)ccc54)c(-c4cccc(C#N)c4)c3)nc(-c3ccccc3-c3ccc(C#N)cc3)n2)cc1-c1cccc(C#N)c1. The van der Waals surface area contributed by atoms with Gasteiger partial charge in [-0.25, -0.2) is 15.0 Å². The molecule has 0 amide bonds. The maximum atomic E-state index is 10.4. The van der Waals surface area contributed by atoms with Gasteiger partial charge in [0.25, 0.3) is 0 Å². The van der Waals surface area contributed by atoms with Gasteiger partial charge in [0.15, 0.2) is 17.5 Å². The Balaban J connectivity index is 1.08. The van der Waals surface area contributed by atoms with Crippen LogP contribution in [0.5, 0.6) is 0 Å². The van der Waals surface area contributed by atoms with E-state index >= 15 is 0 Å². The Hall–Kier alpha value is -10.7. The van der Waals surface area contributed by atoms with Crippen molar-refractivity contribution in [3.05, 3.63) is 245 Å². The highest BCUT2D eigenvalue weighted by molar-refractivity contribution is 6.12. The first-order chi connectivity index (χ1) is 43.0. The van der Waals surface area contributed by atoms with Crippen molar-refractivity contribution in [2.75, 3.05) is 0 Å². The molecule has 0 N–H and O–H groups in total. The van der Waals surface area contributed by atoms with Gasteiger partial charge in [-0.3, -0.25) is 0 Å². The number of nitriles is 3. The Morgan fingerprint density at radius 2 is 0.622 bits per heavy atom. The molecule has 0 aliphatic heterocycles. The Kier molecular flexibility index (Phi) is 14.2. The molecule has 13 aromatic rings. The third kappa shape index (κ3) is 10.6. The lowest BCUT2D eigenvalue weighted by atomic mass is 9.85. The molecule has 0 spiro atoms. The van der Waals surface area contributed by atoms with Crippen molar-refractivity contribution in [3.63, 3.8) is 0 Å². The van der Waals surface area contributed by atoms with Crippen LogP contribution in [0.25, 0.3) is 123 Å². The second-order valence-electron chi connectivity index (χ2n) is 28.0. The molecule has 8 heteroatoms. The van der Waals surface area contributed by atoms with Crippen LogP contribution < -0.4 is 0 Å². The predicted octanol–water partition coefficient (Wildman–Crippen LogP) is 20.9. The molecular weight excluding hydrogens is 1100 g/mol. The number of benzene rings is 10. The molecule has 10 aromatic carbocycles. The second-order valence-corrected chi connectivity index (χ2v) is 28.0. The minimum Gasteiger partial charge on any atom is -0.309 e. The summed E-state index contributed by atoms with van der Waals surface area (Å²) in [4.78, 5) is 16.4. The van der Waals surface area contributed by atoms with Gasteiger partial charge in [0, 0.05) is 49.4 Å². The van der Waals surface area contributed by atoms with E-state index in [0.29, 0.717) is 34.2 Å². The minimum atomic E-state index is -0.0779. The lowest BCUT2D eigenvalue weighted by Crippen LogP contribution is -2.10. The third-order valence-electron chi connectivity index (χ3n) is 17.7. The highest BCUT2D eigenvalue weighted by Crippen LogP contribution is 2.45. The summed E-state index contributed by atoms with van der Waals surface area (Å²) in [5.41, 5.74) is 20.1. The second kappa shape index (κ2) is 21.8. The molecule has 0 aliphatic rings. The van der Waals surface area contributed by atoms with Gasteiger partial charge in [0.1, 0.15) is 0 Å². The lowest BCUT2D eigenvalue weighted by molar-refractivity contribution is 0.590. The summed E-state index contributed by atoms with van der Waals surface area (Å²) in [5, 5.41) is 35.3. The molecule has 0 aliphatic carbocycles. The van der Waals surface area contributed by atoms with E-state index in [0.717, 1.165) is 83.5 Å². The maximum Gasteiger partial charge on any atom is 0.164 e. The molecule has 13 rings (SSSR count). The molecule has 8 nitrogen and oxygen atoms in total. The van der Waals surface area contributed by atoms with Crippen LogP contribution >= 0.6 is 0 Å². The maximum absolute atomic E-state index is 10.4. The number of rotatable bonds is 8. The molecule has 3 aromatic heterocycles. The van der Waals surface area contributed by atoms with Gasteiger partial charge in [-0.15, -0.1) is 0 Å². The van der Waals surface area contributed by atoms with Crippen molar-refractivity contribution < 1.29 is 0 Å². The number of hydrogen-bond donors (Lipinski definition) is 0. The molecular formula is C82H70N8. The van der Waals surface area contributed by atoms with E-state index in [9.17, 15) is 15.8 Å². The smallest absolute Gasteiger partial charge is 0.164 e. The zero-order valence-corrected chi connectivity index (χ0v) is 53.2. The number of hydrogen-bond acceptors (Lipinski definition) is 6. The fourth-order valence-corrected chi connectivity index (χ4v) is 12.6. The van der Waals surface area contributed by atoms with Crippen LogP contribution in [0.15, 0.2) is 206 Å². The van der Waals surface area contributed by atoms with E-state index in [-0.39, 0.29) is 21.7 Å². The van der Waals surface area contributed by atoms with Gasteiger partial charge in [-0.1, -0.05) is 168 Å². The normalized spacial score (nSPS) is 12.2. The molecule has 0 saturated carbocycles. The average Bonchev–Trinajstić information content (AvgIpc) is 1.56. The highest BCUT2D eigenvalue weighted by Gasteiger charge is 2.27. The van der Waals surface area contributed by atoms with Crippen molar-refractivity contribution in [2.45, 2.75) is 105 Å². The summed E-state index contributed by atoms with van der Waals surface area (Å²) >= 11 is 0. The topological polar surface area (TPSA) is 120 Å². The number of fused-ring (bicyclic) bond motifs is 6. The zero-order valence-electron chi connectivity index (χ0n) is 53.2. The summed E-state index contributed by atoms with van der Waals surface area (Å²) in [6.45, 7) is 27.1. The van der Waals surface area contributed by atoms with E-state index < -0.39 is 0 Å². The standard InChI is InChI=1S/C82H70N8/c1-79(2,3)58-29-35-72-66(43-58)67-44-59(80(4,5)6)30-36-73(67)89(72)70-33-27-56(41-64(70)54-19-15-17-51(39-54)48-84)76-86-77(88-78(87-76)63-22-14-13-21-62(63)53-25-23-50(47-83)24-26-53)57-28-34-71(65(42-57)55-20-16-18-52(40-55)49-85)90-74-37-31-60(81(7,8)9)45-68(74)69-46-61(82(10,11)12)32-38-75(69)90/h13-46H,1-12H3. The van der Waals surface area contributed by atoms with Gasteiger partial charge in [-0.05, 0) is 187 Å². The molecule has 0 unspecified atom stereocenters. The van der Waals surface area contributed by atoms with Crippen LogP contribution in [-0.2, 0) is 21.7 Å². The first-order valence-electron chi connectivity index (χ1n) is 30.8. The first kappa shape index (κ1) is 58.3. The monoisotopic (exact) mass is 1170 g/mol. The molecule has 0 radical (unpaired) electrons. The van der Waals surface area contributed by atoms with Crippen LogP contribution in [-0.4, -0.2) is 24.1 Å². The molecule has 0 fully saturated rings. The molecule has 90 heavy (non-hydrogen) atoms. The van der Waals surface area contributed by atoms with Gasteiger partial charge in [-0.2, -0.15) is 15.8 Å². The van der Waals surface area contributed by atoms with E-state index in [1.54, 1.807) is 0 Å². The summed E-state index contributed by atoms with van der Waals surface area (Å²) in [5.74, 6) is 1.36. The molecule has 438 valence electrons. The molecule has 3 heterocycles. The highest BCUT2D eigenvalue weighted by atomic mass is 15.0. The number of nitrogens with zero attached hydrogens (tertiary/aromatic N) is 8. The minimum absolute atomic E-state index is 0.0779. The first-order valence-corrected chi connectivity index (χ1v) is 30.8. The largest absolute Gasteiger partial charge is 0.309 e. The summed E-state index contributed by atoms with van der Waals surface area (Å²) in [6.07, 6.45) is 0. The van der Waals surface area contributed by atoms with Crippen molar-refractivity contribution in [1.82, 2.24) is 24.1 Å². The lowest BCUT2D eigenvalue weighted by Gasteiger charge is -2.20. The fraction of sp³-hybridized carbons (Fsp3) is 0.195. The summed E-state index contributed by atoms with van der Waals surface area (Å²) in [6, 6.07) is 78.8. The van der Waals surface area contributed by atoms with E-state index in [1.165, 1.54) is 43.8 Å². The van der Waals surface area contributed by atoms with Gasteiger partial charge in [0.2, 0.25) is 0 Å². The Morgan fingerprint density at radius 3 is 0.978 bits per heavy atom. The zero-order chi connectivity index (χ0) is 63.2. The van der Waals surface area contributed by atoms with Crippen molar-refractivity contribution in [2.24, 2.45) is 0 Å². The van der Waals surface area contributed by atoms with Crippen molar-refractivity contribution in [1.29, 1.82) is 15.8 Å². The number of aromatic nitrogens is 5. The summed E-state index contributed by atoms with van der Waals surface area (Å²) in [7, 11) is 0. The van der Waals surface area contributed by atoms with Crippen molar-refractivity contribution in [3.8, 4) is 97.1 Å². The Morgan fingerprint density at radius 1 is 0.278 bits per heavy atom. The van der Waals surface area contributed by atoms with Gasteiger partial charge in [0.05, 0.1) is 68.3 Å². The van der Waals surface area contributed by atoms with Crippen LogP contribution in [0, 0.1) is 34.0 Å². The van der Waals surface area contributed by atoms with E-state index in [4.69, 9.17) is 15.0 Å². The third-order valence-corrected chi connectivity index (χ3v) is 17.7.